The van der Waals surface area contributed by atoms with Crippen molar-refractivity contribution >= 4 is 33.1 Å². The average Bonchev–Trinajstić information content (AvgIpc) is 3.18. The Morgan fingerprint density at radius 2 is 1.74 bits per heavy atom. The third kappa shape index (κ3) is 5.40. The molecule has 1 aromatic heterocycles. The Morgan fingerprint density at radius 1 is 1.06 bits per heavy atom. The van der Waals surface area contributed by atoms with Crippen molar-refractivity contribution in [3.05, 3.63) is 77.1 Å². The van der Waals surface area contributed by atoms with E-state index >= 15 is 0 Å². The fourth-order valence-electron chi connectivity index (χ4n) is 4.26. The molecule has 1 atom stereocenters. The number of hydrogen-bond acceptors (Lipinski definition) is 6. The number of sulfonamides is 1. The fraction of sp³-hybridized carbons (Fsp3) is 0.308. The second-order valence-electron chi connectivity index (χ2n) is 8.77. The monoisotopic (exact) mass is 493 g/mol. The predicted molar refractivity (Wildman–Crippen MR) is 139 cm³/mol. The molecule has 1 aliphatic heterocycles. The summed E-state index contributed by atoms with van der Waals surface area (Å²) in [6, 6.07) is 15.9. The number of pyridine rings is 1. The Balaban J connectivity index is 1.36. The summed E-state index contributed by atoms with van der Waals surface area (Å²) in [5, 5.41) is 6.21. The lowest BCUT2D eigenvalue weighted by molar-refractivity contribution is 0.246. The van der Waals surface area contributed by atoms with Crippen molar-refractivity contribution < 1.29 is 13.2 Å². The number of rotatable bonds is 7. The van der Waals surface area contributed by atoms with E-state index < -0.39 is 16.1 Å². The van der Waals surface area contributed by atoms with E-state index in [0.29, 0.717) is 13.0 Å². The summed E-state index contributed by atoms with van der Waals surface area (Å²) in [6.07, 6.45) is 1.66. The maximum atomic E-state index is 12.3. The summed E-state index contributed by atoms with van der Waals surface area (Å²) in [6.45, 7) is 8.35. The van der Waals surface area contributed by atoms with Crippen LogP contribution in [0.1, 0.15) is 35.9 Å². The molecule has 0 bridgehead atoms. The largest absolute Gasteiger partial charge is 0.362 e. The van der Waals surface area contributed by atoms with Gasteiger partial charge in [-0.25, -0.2) is 17.9 Å². The highest BCUT2D eigenvalue weighted by Crippen LogP contribution is 2.42. The molecule has 4 rings (SSSR count). The summed E-state index contributed by atoms with van der Waals surface area (Å²) in [7, 11) is -3.90. The van der Waals surface area contributed by atoms with Gasteiger partial charge in [0.1, 0.15) is 6.17 Å². The van der Waals surface area contributed by atoms with E-state index in [2.05, 4.69) is 50.4 Å². The second kappa shape index (κ2) is 9.95. The Labute approximate surface area is 206 Å². The zero-order valence-electron chi connectivity index (χ0n) is 20.4. The van der Waals surface area contributed by atoms with Crippen LogP contribution in [0.4, 0.5) is 21.9 Å². The third-order valence-electron chi connectivity index (χ3n) is 6.05. The van der Waals surface area contributed by atoms with E-state index in [1.165, 1.54) is 12.1 Å². The van der Waals surface area contributed by atoms with Gasteiger partial charge in [0.2, 0.25) is 0 Å². The van der Waals surface area contributed by atoms with Crippen LogP contribution in [0.5, 0.6) is 0 Å². The van der Waals surface area contributed by atoms with Gasteiger partial charge in [0.15, 0.2) is 0 Å². The van der Waals surface area contributed by atoms with Crippen LogP contribution in [0.15, 0.2) is 59.5 Å². The van der Waals surface area contributed by atoms with Gasteiger partial charge in [0.25, 0.3) is 10.0 Å². The molecule has 2 amide bonds. The number of aryl methyl sites for hydroxylation is 3. The SMILES string of the molecule is CCC1Nc2c(cc(C)nc2C)N1c1ccc(CCNC(=O)NS(=O)(=O)c2ccc(C)cc2)cc1. The van der Waals surface area contributed by atoms with Crippen molar-refractivity contribution in [1.82, 2.24) is 15.0 Å². The Kier molecular flexibility index (Phi) is 6.98. The molecule has 1 aliphatic rings. The van der Waals surface area contributed by atoms with E-state index in [4.69, 9.17) is 0 Å². The molecule has 0 aliphatic carbocycles. The van der Waals surface area contributed by atoms with E-state index in [0.717, 1.165) is 46.0 Å². The molecule has 8 nitrogen and oxygen atoms in total. The molecule has 0 radical (unpaired) electrons. The lowest BCUT2D eigenvalue weighted by Gasteiger charge is -2.26. The van der Waals surface area contributed by atoms with Crippen LogP contribution in [-0.2, 0) is 16.4 Å². The number of carbonyl (C=O) groups excluding carboxylic acids is 1. The Morgan fingerprint density at radius 3 is 2.40 bits per heavy atom. The molecule has 0 saturated heterocycles. The highest BCUT2D eigenvalue weighted by molar-refractivity contribution is 7.90. The second-order valence-corrected chi connectivity index (χ2v) is 10.5. The zero-order valence-corrected chi connectivity index (χ0v) is 21.2. The van der Waals surface area contributed by atoms with E-state index in [1.807, 2.05) is 32.9 Å². The van der Waals surface area contributed by atoms with Crippen LogP contribution < -0.4 is 20.3 Å². The van der Waals surface area contributed by atoms with E-state index in [9.17, 15) is 13.2 Å². The fourth-order valence-corrected chi connectivity index (χ4v) is 5.19. The smallest absolute Gasteiger partial charge is 0.328 e. The van der Waals surface area contributed by atoms with Crippen LogP contribution in [-0.4, -0.2) is 32.1 Å². The number of anilines is 3. The van der Waals surface area contributed by atoms with Gasteiger partial charge in [-0.3, -0.25) is 4.98 Å². The first-order valence-electron chi connectivity index (χ1n) is 11.7. The maximum absolute atomic E-state index is 12.3. The minimum Gasteiger partial charge on any atom is -0.362 e. The highest BCUT2D eigenvalue weighted by atomic mass is 32.2. The van der Waals surface area contributed by atoms with Crippen molar-refractivity contribution in [3.63, 3.8) is 0 Å². The number of nitrogens with zero attached hydrogens (tertiary/aromatic N) is 2. The quantitative estimate of drug-likeness (QED) is 0.447. The molecule has 3 N–H and O–H groups in total. The normalized spacial score (nSPS) is 14.9. The van der Waals surface area contributed by atoms with Gasteiger partial charge in [0.05, 0.1) is 22.0 Å². The number of benzene rings is 2. The number of amides is 2. The number of nitrogens with one attached hydrogen (secondary N) is 3. The van der Waals surface area contributed by atoms with Gasteiger partial charge in [-0.05, 0) is 69.5 Å². The van der Waals surface area contributed by atoms with E-state index in [-0.39, 0.29) is 11.1 Å². The van der Waals surface area contributed by atoms with Crippen molar-refractivity contribution in [2.45, 2.75) is 51.6 Å². The molecular weight excluding hydrogens is 462 g/mol. The number of carbonyl (C=O) groups is 1. The van der Waals surface area contributed by atoms with Crippen LogP contribution >= 0.6 is 0 Å². The number of aromatic nitrogens is 1. The van der Waals surface area contributed by atoms with E-state index in [1.54, 1.807) is 12.1 Å². The molecule has 0 fully saturated rings. The summed E-state index contributed by atoms with van der Waals surface area (Å²) >= 11 is 0. The van der Waals surface area contributed by atoms with Crippen LogP contribution in [0.3, 0.4) is 0 Å². The van der Waals surface area contributed by atoms with Gasteiger partial charge < -0.3 is 15.5 Å². The molecule has 184 valence electrons. The Hall–Kier alpha value is -3.59. The topological polar surface area (TPSA) is 103 Å². The molecule has 3 aromatic rings. The predicted octanol–water partition coefficient (Wildman–Crippen LogP) is 4.54. The van der Waals surface area contributed by atoms with Crippen molar-refractivity contribution in [3.8, 4) is 0 Å². The average molecular weight is 494 g/mol. The first kappa shape index (κ1) is 24.5. The number of hydrogen-bond donors (Lipinski definition) is 3. The highest BCUT2D eigenvalue weighted by Gasteiger charge is 2.30. The van der Waals surface area contributed by atoms with Gasteiger partial charge in [-0.1, -0.05) is 36.8 Å². The first-order valence-corrected chi connectivity index (χ1v) is 13.2. The lowest BCUT2D eigenvalue weighted by atomic mass is 10.1. The molecule has 2 heterocycles. The Bertz CT molecular complexity index is 1320. The van der Waals surface area contributed by atoms with Crippen LogP contribution in [0.2, 0.25) is 0 Å². The van der Waals surface area contributed by atoms with Gasteiger partial charge in [-0.15, -0.1) is 0 Å². The first-order chi connectivity index (χ1) is 16.7. The van der Waals surface area contributed by atoms with Crippen molar-refractivity contribution in [2.75, 3.05) is 16.8 Å². The molecule has 2 aromatic carbocycles. The molecule has 1 unspecified atom stereocenters. The molecule has 0 saturated carbocycles. The molecular formula is C26H31N5O3S. The molecule has 35 heavy (non-hydrogen) atoms. The van der Waals surface area contributed by atoms with Gasteiger partial charge >= 0.3 is 6.03 Å². The molecule has 9 heteroatoms. The van der Waals surface area contributed by atoms with Crippen molar-refractivity contribution in [2.24, 2.45) is 0 Å². The molecule has 0 spiro atoms. The zero-order chi connectivity index (χ0) is 25.2. The summed E-state index contributed by atoms with van der Waals surface area (Å²) < 4.78 is 26.7. The van der Waals surface area contributed by atoms with Crippen molar-refractivity contribution in [1.29, 1.82) is 0 Å². The van der Waals surface area contributed by atoms with Crippen LogP contribution in [0.25, 0.3) is 0 Å². The summed E-state index contributed by atoms with van der Waals surface area (Å²) in [4.78, 5) is 19.1. The minimum atomic E-state index is -3.90. The third-order valence-corrected chi connectivity index (χ3v) is 7.40. The maximum Gasteiger partial charge on any atom is 0.328 e. The van der Waals surface area contributed by atoms with Gasteiger partial charge in [-0.2, -0.15) is 0 Å². The standard InChI is InChI=1S/C26H31N5O3S/c1-5-24-29-25-19(4)28-18(3)16-23(25)31(24)21-10-8-20(9-11-21)14-15-27-26(32)30-35(33,34)22-12-6-17(2)7-13-22/h6-13,16,24,29H,5,14-15H2,1-4H3,(H2,27,30,32). The number of fused-ring (bicyclic) bond motifs is 1. The lowest BCUT2D eigenvalue weighted by Crippen LogP contribution is -2.40. The van der Waals surface area contributed by atoms with Crippen LogP contribution in [0, 0.1) is 20.8 Å². The summed E-state index contributed by atoms with van der Waals surface area (Å²) in [5.41, 5.74) is 7.23. The van der Waals surface area contributed by atoms with Gasteiger partial charge in [0, 0.05) is 17.9 Å². The minimum absolute atomic E-state index is 0.0540. The summed E-state index contributed by atoms with van der Waals surface area (Å²) in [5.74, 6) is 0. The number of urea groups is 1.